The molecule has 1 amide bonds. The number of hydrogen-bond acceptors (Lipinski definition) is 1. The van der Waals surface area contributed by atoms with Gasteiger partial charge >= 0.3 is 0 Å². The highest BCUT2D eigenvalue weighted by molar-refractivity contribution is 9.10. The van der Waals surface area contributed by atoms with E-state index in [0.29, 0.717) is 18.0 Å². The number of amides is 1. The van der Waals surface area contributed by atoms with E-state index in [0.717, 1.165) is 19.3 Å². The lowest BCUT2D eigenvalue weighted by Crippen LogP contribution is -2.62. The van der Waals surface area contributed by atoms with E-state index in [9.17, 15) is 4.79 Å². The number of likely N-dealkylation sites (tertiary alicyclic amines) is 1. The maximum absolute atomic E-state index is 12.0. The van der Waals surface area contributed by atoms with Gasteiger partial charge in [-0.1, -0.05) is 15.9 Å². The van der Waals surface area contributed by atoms with Crippen molar-refractivity contribution < 1.29 is 4.79 Å². The molecule has 13 heavy (non-hydrogen) atoms. The zero-order valence-corrected chi connectivity index (χ0v) is 9.80. The van der Waals surface area contributed by atoms with E-state index in [-0.39, 0.29) is 4.32 Å². The van der Waals surface area contributed by atoms with Crippen LogP contribution in [0.25, 0.3) is 0 Å². The molecule has 74 valence electrons. The highest BCUT2D eigenvalue weighted by Gasteiger charge is 2.48. The summed E-state index contributed by atoms with van der Waals surface area (Å²) in [5.41, 5.74) is 0. The minimum absolute atomic E-state index is 0.185. The van der Waals surface area contributed by atoms with Crippen molar-refractivity contribution in [2.24, 2.45) is 0 Å². The van der Waals surface area contributed by atoms with Gasteiger partial charge in [0, 0.05) is 12.1 Å². The zero-order chi connectivity index (χ0) is 9.64. The summed E-state index contributed by atoms with van der Waals surface area (Å²) in [6.45, 7) is 4.26. The Morgan fingerprint density at radius 3 is 2.23 bits per heavy atom. The fourth-order valence-electron chi connectivity index (χ4n) is 2.35. The Morgan fingerprint density at radius 2 is 1.92 bits per heavy atom. The van der Waals surface area contributed by atoms with Crippen LogP contribution in [0.4, 0.5) is 0 Å². The molecule has 2 nitrogen and oxygen atoms in total. The number of halogens is 1. The van der Waals surface area contributed by atoms with Crippen LogP contribution in [0, 0.1) is 0 Å². The number of carbonyl (C=O) groups excluding carboxylic acids is 1. The second-order valence-electron chi connectivity index (χ2n) is 4.47. The summed E-state index contributed by atoms with van der Waals surface area (Å²) in [6, 6.07) is 0.912. The van der Waals surface area contributed by atoms with Crippen LogP contribution in [0.15, 0.2) is 0 Å². The largest absolute Gasteiger partial charge is 0.336 e. The van der Waals surface area contributed by atoms with E-state index in [1.165, 1.54) is 6.42 Å². The third-order valence-electron chi connectivity index (χ3n) is 3.40. The van der Waals surface area contributed by atoms with Gasteiger partial charge in [0.1, 0.15) is 4.32 Å². The molecule has 0 aromatic carbocycles. The Bertz CT molecular complexity index is 229. The van der Waals surface area contributed by atoms with E-state index in [1.807, 2.05) is 4.90 Å². The summed E-state index contributed by atoms with van der Waals surface area (Å²) in [7, 11) is 0. The Kier molecular flexibility index (Phi) is 2.17. The van der Waals surface area contributed by atoms with Gasteiger partial charge in [-0.05, 0) is 39.5 Å². The molecule has 1 saturated carbocycles. The number of carbonyl (C=O) groups is 1. The molecule has 1 aliphatic carbocycles. The number of alkyl halides is 1. The molecule has 0 N–H and O–H groups in total. The zero-order valence-electron chi connectivity index (χ0n) is 8.22. The highest BCUT2D eigenvalue weighted by Crippen LogP contribution is 2.44. The molecule has 1 heterocycles. The summed E-state index contributed by atoms with van der Waals surface area (Å²) >= 11 is 3.57. The van der Waals surface area contributed by atoms with Gasteiger partial charge in [-0.25, -0.2) is 0 Å². The van der Waals surface area contributed by atoms with Gasteiger partial charge in [0.25, 0.3) is 0 Å². The Morgan fingerprint density at radius 1 is 1.38 bits per heavy atom. The van der Waals surface area contributed by atoms with Crippen LogP contribution >= 0.6 is 15.9 Å². The molecule has 2 aliphatic rings. The van der Waals surface area contributed by atoms with Gasteiger partial charge in [0.05, 0.1) is 0 Å². The smallest absolute Gasteiger partial charge is 0.239 e. The third-order valence-corrected chi connectivity index (χ3v) is 4.53. The quantitative estimate of drug-likeness (QED) is 0.650. The van der Waals surface area contributed by atoms with Crippen LogP contribution < -0.4 is 0 Å². The second kappa shape index (κ2) is 2.97. The lowest BCUT2D eigenvalue weighted by molar-refractivity contribution is -0.147. The summed E-state index contributed by atoms with van der Waals surface area (Å²) in [6.07, 6.45) is 4.38. The molecule has 0 bridgehead atoms. The first-order valence-electron chi connectivity index (χ1n) is 5.06. The summed E-state index contributed by atoms with van der Waals surface area (Å²) < 4.78 is -0.185. The first-order chi connectivity index (χ1) is 6.04. The molecule has 0 radical (unpaired) electrons. The predicted molar refractivity (Wildman–Crippen MR) is 55.9 cm³/mol. The predicted octanol–water partition coefficient (Wildman–Crippen LogP) is 2.31. The van der Waals surface area contributed by atoms with Crippen LogP contribution in [0.5, 0.6) is 0 Å². The minimum Gasteiger partial charge on any atom is -0.336 e. The lowest BCUT2D eigenvalue weighted by atomic mass is 9.81. The molecule has 0 spiro atoms. The van der Waals surface area contributed by atoms with Crippen LogP contribution in [-0.4, -0.2) is 27.2 Å². The van der Waals surface area contributed by atoms with Crippen molar-refractivity contribution in [3.63, 3.8) is 0 Å². The van der Waals surface area contributed by atoms with Crippen molar-refractivity contribution in [2.75, 3.05) is 0 Å². The minimum atomic E-state index is -0.185. The monoisotopic (exact) mass is 245 g/mol. The SMILES string of the molecule is CC1CC(C)N1C(=O)C1(Br)CCC1. The van der Waals surface area contributed by atoms with Crippen molar-refractivity contribution in [2.45, 2.75) is 55.9 Å². The average molecular weight is 246 g/mol. The highest BCUT2D eigenvalue weighted by atomic mass is 79.9. The van der Waals surface area contributed by atoms with Crippen molar-refractivity contribution in [3.8, 4) is 0 Å². The van der Waals surface area contributed by atoms with Gasteiger partial charge in [-0.15, -0.1) is 0 Å². The van der Waals surface area contributed by atoms with Crippen molar-refractivity contribution in [1.82, 2.24) is 4.90 Å². The third kappa shape index (κ3) is 1.32. The molecular weight excluding hydrogens is 230 g/mol. The van der Waals surface area contributed by atoms with Gasteiger partial charge in [0.2, 0.25) is 5.91 Å². The van der Waals surface area contributed by atoms with E-state index in [1.54, 1.807) is 0 Å². The van der Waals surface area contributed by atoms with E-state index >= 15 is 0 Å². The maximum atomic E-state index is 12.0. The molecule has 1 saturated heterocycles. The molecular formula is C10H16BrNO. The van der Waals surface area contributed by atoms with Crippen molar-refractivity contribution in [3.05, 3.63) is 0 Å². The van der Waals surface area contributed by atoms with E-state index in [2.05, 4.69) is 29.8 Å². The van der Waals surface area contributed by atoms with Gasteiger partial charge < -0.3 is 4.90 Å². The van der Waals surface area contributed by atoms with E-state index in [4.69, 9.17) is 0 Å². The molecule has 2 rings (SSSR count). The molecule has 2 atom stereocenters. The molecule has 0 aromatic rings. The Balaban J connectivity index is 2.04. The maximum Gasteiger partial charge on any atom is 0.239 e. The Labute approximate surface area is 87.8 Å². The number of rotatable bonds is 1. The molecule has 2 fully saturated rings. The second-order valence-corrected chi connectivity index (χ2v) is 5.98. The normalized spacial score (nSPS) is 36.4. The molecule has 1 aliphatic heterocycles. The fraction of sp³-hybridized carbons (Fsp3) is 0.900. The van der Waals surface area contributed by atoms with Crippen LogP contribution in [0.2, 0.25) is 0 Å². The summed E-state index contributed by atoms with van der Waals surface area (Å²) in [5, 5.41) is 0. The fourth-order valence-corrected chi connectivity index (χ4v) is 3.12. The number of nitrogens with zero attached hydrogens (tertiary/aromatic N) is 1. The standard InChI is InChI=1S/C10H16BrNO/c1-7-6-8(2)12(7)9(13)10(11)4-3-5-10/h7-8H,3-6H2,1-2H3. The lowest BCUT2D eigenvalue weighted by Gasteiger charge is -2.50. The van der Waals surface area contributed by atoms with Crippen LogP contribution in [0.3, 0.4) is 0 Å². The van der Waals surface area contributed by atoms with E-state index < -0.39 is 0 Å². The topological polar surface area (TPSA) is 20.3 Å². The van der Waals surface area contributed by atoms with Crippen molar-refractivity contribution >= 4 is 21.8 Å². The molecule has 3 heteroatoms. The average Bonchev–Trinajstić information content (AvgIpc) is 1.99. The van der Waals surface area contributed by atoms with Crippen LogP contribution in [0.1, 0.15) is 39.5 Å². The number of hydrogen-bond donors (Lipinski definition) is 0. The molecule has 2 unspecified atom stereocenters. The van der Waals surface area contributed by atoms with Crippen molar-refractivity contribution in [1.29, 1.82) is 0 Å². The van der Waals surface area contributed by atoms with Gasteiger partial charge in [-0.3, -0.25) is 4.79 Å². The summed E-state index contributed by atoms with van der Waals surface area (Å²) in [4.78, 5) is 14.1. The molecule has 0 aromatic heterocycles. The van der Waals surface area contributed by atoms with Gasteiger partial charge in [0.15, 0.2) is 0 Å². The van der Waals surface area contributed by atoms with Crippen LogP contribution in [-0.2, 0) is 4.79 Å². The van der Waals surface area contributed by atoms with Gasteiger partial charge in [-0.2, -0.15) is 0 Å². The Hall–Kier alpha value is -0.0500. The first-order valence-corrected chi connectivity index (χ1v) is 5.85. The summed E-state index contributed by atoms with van der Waals surface area (Å²) in [5.74, 6) is 0.324. The first kappa shape index (κ1) is 9.50.